The Labute approximate surface area is 96.6 Å². The molecule has 3 heteroatoms. The van der Waals surface area contributed by atoms with E-state index < -0.39 is 0 Å². The van der Waals surface area contributed by atoms with E-state index in [9.17, 15) is 0 Å². The average molecular weight is 228 g/mol. The van der Waals surface area contributed by atoms with Crippen LogP contribution in [0.4, 0.5) is 0 Å². The van der Waals surface area contributed by atoms with Gasteiger partial charge < -0.3 is 10.1 Å². The van der Waals surface area contributed by atoms with Crippen molar-refractivity contribution in [1.82, 2.24) is 5.32 Å². The first kappa shape index (κ1) is 12.5. The molecule has 1 aromatic rings. The van der Waals surface area contributed by atoms with Gasteiger partial charge in [-0.2, -0.15) is 0 Å². The van der Waals surface area contributed by atoms with Crippen molar-refractivity contribution in [3.8, 4) is 0 Å². The van der Waals surface area contributed by atoms with Crippen LogP contribution in [0.15, 0.2) is 24.3 Å². The Balaban J connectivity index is 2.65. The van der Waals surface area contributed by atoms with Gasteiger partial charge in [-0.05, 0) is 17.7 Å². The van der Waals surface area contributed by atoms with Gasteiger partial charge in [0.15, 0.2) is 0 Å². The molecule has 1 aromatic carbocycles. The molecule has 0 amide bonds. The molecule has 0 aromatic heterocycles. The summed E-state index contributed by atoms with van der Waals surface area (Å²) in [5.74, 6) is 0. The Hall–Kier alpha value is -0.570. The minimum absolute atomic E-state index is 0.0612. The van der Waals surface area contributed by atoms with Crippen molar-refractivity contribution < 1.29 is 4.74 Å². The molecule has 0 heterocycles. The quantitative estimate of drug-likeness (QED) is 0.835. The fourth-order valence-electron chi connectivity index (χ4n) is 1.39. The Morgan fingerprint density at radius 2 is 2.13 bits per heavy atom. The summed E-state index contributed by atoms with van der Waals surface area (Å²) in [6.07, 6.45) is 0.0612. The van der Waals surface area contributed by atoms with E-state index >= 15 is 0 Å². The molecule has 1 N–H and O–H groups in total. The summed E-state index contributed by atoms with van der Waals surface area (Å²) in [6, 6.07) is 8.24. The summed E-state index contributed by atoms with van der Waals surface area (Å²) >= 11 is 5.93. The number of rotatable bonds is 5. The molecule has 15 heavy (non-hydrogen) atoms. The van der Waals surface area contributed by atoms with Gasteiger partial charge in [0, 0.05) is 24.7 Å². The molecule has 1 unspecified atom stereocenters. The van der Waals surface area contributed by atoms with Crippen LogP contribution < -0.4 is 5.32 Å². The van der Waals surface area contributed by atoms with Crippen LogP contribution in [-0.2, 0) is 4.74 Å². The van der Waals surface area contributed by atoms with Gasteiger partial charge in [-0.1, -0.05) is 37.6 Å². The average Bonchev–Trinajstić information content (AvgIpc) is 2.18. The number of nitrogens with one attached hydrogen (secondary N) is 1. The maximum atomic E-state index is 5.93. The molecule has 1 atom stereocenters. The van der Waals surface area contributed by atoms with E-state index in [2.05, 4.69) is 19.2 Å². The molecule has 0 aliphatic heterocycles. The normalized spacial score (nSPS) is 13.1. The summed E-state index contributed by atoms with van der Waals surface area (Å²) in [4.78, 5) is 0. The maximum absolute atomic E-state index is 5.93. The van der Waals surface area contributed by atoms with Gasteiger partial charge in [0.1, 0.15) is 0 Å². The van der Waals surface area contributed by atoms with Crippen LogP contribution in [0.1, 0.15) is 25.5 Å². The molecule has 0 saturated carbocycles. The van der Waals surface area contributed by atoms with Crippen LogP contribution in [0.25, 0.3) is 0 Å². The lowest BCUT2D eigenvalue weighted by molar-refractivity contribution is 0.100. The zero-order valence-corrected chi connectivity index (χ0v) is 10.2. The second-order valence-corrected chi connectivity index (χ2v) is 4.28. The molecule has 0 radical (unpaired) electrons. The summed E-state index contributed by atoms with van der Waals surface area (Å²) in [5, 5.41) is 4.10. The Morgan fingerprint density at radius 1 is 1.40 bits per heavy atom. The molecule has 84 valence electrons. The van der Waals surface area contributed by atoms with E-state index in [0.717, 1.165) is 17.1 Å². The summed E-state index contributed by atoms with van der Waals surface area (Å²) in [7, 11) is 1.72. The molecule has 0 fully saturated rings. The molecular weight excluding hydrogens is 210 g/mol. The van der Waals surface area contributed by atoms with Gasteiger partial charge in [-0.15, -0.1) is 0 Å². The van der Waals surface area contributed by atoms with E-state index in [1.165, 1.54) is 0 Å². The number of hydrogen-bond acceptors (Lipinski definition) is 2. The predicted molar refractivity (Wildman–Crippen MR) is 64.3 cm³/mol. The minimum atomic E-state index is 0.0612. The number of halogens is 1. The van der Waals surface area contributed by atoms with Crippen LogP contribution in [0, 0.1) is 0 Å². The molecule has 0 bridgehead atoms. The fourth-order valence-corrected chi connectivity index (χ4v) is 1.59. The first-order valence-electron chi connectivity index (χ1n) is 5.15. The highest BCUT2D eigenvalue weighted by Gasteiger charge is 2.10. The number of hydrogen-bond donors (Lipinski definition) is 1. The van der Waals surface area contributed by atoms with Crippen molar-refractivity contribution in [3.05, 3.63) is 34.9 Å². The van der Waals surface area contributed by atoms with Crippen molar-refractivity contribution in [2.24, 2.45) is 0 Å². The number of methoxy groups -OCH3 is 1. The van der Waals surface area contributed by atoms with Crippen molar-refractivity contribution in [1.29, 1.82) is 0 Å². The highest BCUT2D eigenvalue weighted by atomic mass is 35.5. The lowest BCUT2D eigenvalue weighted by atomic mass is 10.1. The van der Waals surface area contributed by atoms with E-state index in [1.54, 1.807) is 7.11 Å². The molecule has 0 saturated heterocycles. The smallest absolute Gasteiger partial charge is 0.0946 e. The summed E-state index contributed by atoms with van der Waals surface area (Å²) in [6.45, 7) is 5.03. The zero-order chi connectivity index (χ0) is 11.3. The second-order valence-electron chi connectivity index (χ2n) is 3.84. The third kappa shape index (κ3) is 4.20. The Bertz CT molecular complexity index is 301. The summed E-state index contributed by atoms with van der Waals surface area (Å²) < 4.78 is 5.42. The van der Waals surface area contributed by atoms with Crippen LogP contribution in [0.2, 0.25) is 5.02 Å². The molecular formula is C12H18ClNO. The van der Waals surface area contributed by atoms with Crippen LogP contribution in [0.5, 0.6) is 0 Å². The predicted octanol–water partition coefficient (Wildman–Crippen LogP) is 3.03. The van der Waals surface area contributed by atoms with Gasteiger partial charge in [0.05, 0.1) is 6.10 Å². The van der Waals surface area contributed by atoms with Crippen molar-refractivity contribution >= 4 is 11.6 Å². The van der Waals surface area contributed by atoms with Crippen LogP contribution in [-0.4, -0.2) is 19.7 Å². The second kappa shape index (κ2) is 6.11. The fraction of sp³-hybridized carbons (Fsp3) is 0.500. The first-order chi connectivity index (χ1) is 7.13. The van der Waals surface area contributed by atoms with Crippen molar-refractivity contribution in [2.75, 3.05) is 13.7 Å². The number of benzene rings is 1. The van der Waals surface area contributed by atoms with Gasteiger partial charge >= 0.3 is 0 Å². The summed E-state index contributed by atoms with van der Waals surface area (Å²) in [5.41, 5.74) is 1.11. The van der Waals surface area contributed by atoms with E-state index in [4.69, 9.17) is 16.3 Å². The van der Waals surface area contributed by atoms with E-state index in [0.29, 0.717) is 6.04 Å². The Kier molecular flexibility index (Phi) is 5.09. The van der Waals surface area contributed by atoms with Gasteiger partial charge in [-0.3, -0.25) is 0 Å². The van der Waals surface area contributed by atoms with Gasteiger partial charge in [0.25, 0.3) is 0 Å². The van der Waals surface area contributed by atoms with E-state index in [-0.39, 0.29) is 6.10 Å². The zero-order valence-electron chi connectivity index (χ0n) is 9.46. The monoisotopic (exact) mass is 227 g/mol. The molecule has 0 spiro atoms. The van der Waals surface area contributed by atoms with Crippen LogP contribution in [0.3, 0.4) is 0 Å². The highest BCUT2D eigenvalue weighted by Crippen LogP contribution is 2.19. The topological polar surface area (TPSA) is 21.3 Å². The Morgan fingerprint density at radius 3 is 2.67 bits per heavy atom. The van der Waals surface area contributed by atoms with Gasteiger partial charge in [0.2, 0.25) is 0 Å². The van der Waals surface area contributed by atoms with Gasteiger partial charge in [-0.25, -0.2) is 0 Å². The molecule has 2 nitrogen and oxygen atoms in total. The number of ether oxygens (including phenoxy) is 1. The van der Waals surface area contributed by atoms with Crippen molar-refractivity contribution in [3.63, 3.8) is 0 Å². The highest BCUT2D eigenvalue weighted by molar-refractivity contribution is 6.30. The first-order valence-corrected chi connectivity index (χ1v) is 5.53. The third-order valence-corrected chi connectivity index (χ3v) is 2.45. The SMILES string of the molecule is COC(CNC(C)C)c1cccc(Cl)c1. The third-order valence-electron chi connectivity index (χ3n) is 2.22. The maximum Gasteiger partial charge on any atom is 0.0946 e. The van der Waals surface area contributed by atoms with E-state index in [1.807, 2.05) is 24.3 Å². The standard InChI is InChI=1S/C12H18ClNO/c1-9(2)14-8-12(15-3)10-5-4-6-11(13)7-10/h4-7,9,12,14H,8H2,1-3H3. The van der Waals surface area contributed by atoms with Crippen molar-refractivity contribution in [2.45, 2.75) is 26.0 Å². The molecule has 0 aliphatic rings. The van der Waals surface area contributed by atoms with Crippen LogP contribution >= 0.6 is 11.6 Å². The molecule has 0 aliphatic carbocycles. The lowest BCUT2D eigenvalue weighted by Crippen LogP contribution is -2.28. The lowest BCUT2D eigenvalue weighted by Gasteiger charge is -2.18. The largest absolute Gasteiger partial charge is 0.375 e. The minimum Gasteiger partial charge on any atom is -0.375 e. The molecule has 1 rings (SSSR count).